The van der Waals surface area contributed by atoms with E-state index >= 15 is 0 Å². The minimum atomic E-state index is -0.675. The van der Waals surface area contributed by atoms with E-state index in [-0.39, 0.29) is 5.49 Å². The van der Waals surface area contributed by atoms with Crippen LogP contribution in [0, 0.1) is 24.0 Å². The lowest BCUT2D eigenvalue weighted by Crippen LogP contribution is -2.22. The number of aryl methyl sites for hydroxylation is 2. The minimum Gasteiger partial charge on any atom is -0.409 e. The number of nitrogens with zero attached hydrogens (tertiary/aromatic N) is 5. The third-order valence-corrected chi connectivity index (χ3v) is 3.43. The average molecular weight is 325 g/mol. The molecule has 0 bridgehead atoms. The van der Waals surface area contributed by atoms with Crippen molar-refractivity contribution in [3.63, 3.8) is 0 Å². The summed E-state index contributed by atoms with van der Waals surface area (Å²) in [6.07, 6.45) is 0. The number of hydrogen-bond donors (Lipinski definition) is 1. The smallest absolute Gasteiger partial charge is 0.409 e. The Morgan fingerprint density at radius 1 is 1.12 bits per heavy atom. The summed E-state index contributed by atoms with van der Waals surface area (Å²) in [5, 5.41) is 25.5. The van der Waals surface area contributed by atoms with Crippen molar-refractivity contribution in [2.45, 2.75) is 13.8 Å². The van der Waals surface area contributed by atoms with Gasteiger partial charge in [-0.1, -0.05) is 34.7 Å². The predicted molar refractivity (Wildman–Crippen MR) is 86.5 cm³/mol. The average Bonchev–Trinajstić information content (AvgIpc) is 2.87. The molecule has 1 heterocycles. The monoisotopic (exact) mass is 325 g/mol. The van der Waals surface area contributed by atoms with Gasteiger partial charge in [-0.2, -0.15) is 0 Å². The summed E-state index contributed by atoms with van der Waals surface area (Å²) < 4.78 is 0. The Morgan fingerprint density at radius 2 is 1.83 bits per heavy atom. The topological polar surface area (TPSA) is 98.5 Å². The Kier molecular flexibility index (Phi) is 3.87. The first-order chi connectivity index (χ1) is 11.5. The van der Waals surface area contributed by atoms with E-state index in [0.29, 0.717) is 16.2 Å². The Hall–Kier alpha value is -3.42. The lowest BCUT2D eigenvalue weighted by Gasteiger charge is -2.00. The Bertz CT molecular complexity index is 970. The highest BCUT2D eigenvalue weighted by Gasteiger charge is 2.24. The highest BCUT2D eigenvalue weighted by atomic mass is 16.6. The first-order valence-electron chi connectivity index (χ1n) is 7.20. The molecule has 0 aliphatic heterocycles. The Morgan fingerprint density at radius 3 is 2.46 bits per heavy atom. The molecule has 8 nitrogen and oxygen atoms in total. The van der Waals surface area contributed by atoms with Gasteiger partial charge < -0.3 is 15.3 Å². The van der Waals surface area contributed by atoms with E-state index in [2.05, 4.69) is 10.1 Å². The summed E-state index contributed by atoms with van der Waals surface area (Å²) in [4.78, 5) is 16.4. The normalized spacial score (nSPS) is 11.7. The summed E-state index contributed by atoms with van der Waals surface area (Å²) in [6.45, 7) is 3.80. The molecule has 0 aliphatic rings. The van der Waals surface area contributed by atoms with Crippen LogP contribution in [0.1, 0.15) is 11.1 Å². The minimum absolute atomic E-state index is 0.245. The molecule has 2 aromatic carbocycles. The van der Waals surface area contributed by atoms with Crippen LogP contribution in [0.4, 0.5) is 11.5 Å². The quantitative estimate of drug-likeness (QED) is 0.454. The Labute approximate surface area is 137 Å². The maximum atomic E-state index is 11.3. The third kappa shape index (κ3) is 2.89. The van der Waals surface area contributed by atoms with Crippen LogP contribution in [0.5, 0.6) is 0 Å². The van der Waals surface area contributed by atoms with Crippen LogP contribution in [0.2, 0.25) is 0 Å². The molecule has 0 saturated heterocycles. The maximum Gasteiger partial charge on any atom is 0.438 e. The van der Waals surface area contributed by atoms with Gasteiger partial charge in [0, 0.05) is 0 Å². The molecule has 1 aromatic heterocycles. The molecule has 122 valence electrons. The lowest BCUT2D eigenvalue weighted by atomic mass is 10.2. The van der Waals surface area contributed by atoms with Crippen LogP contribution in [-0.2, 0) is 0 Å². The standard InChI is InChI=1S/C16H15N5O3/c1-11-6-8-13(9-7-11)17-15-16(21(23)24)18-19(20(15)22)14-5-3-4-12(2)10-14/h3-10,22H,1-2H3. The van der Waals surface area contributed by atoms with E-state index in [4.69, 9.17) is 0 Å². The van der Waals surface area contributed by atoms with Crippen molar-refractivity contribution in [1.82, 2.24) is 14.7 Å². The zero-order valence-electron chi connectivity index (χ0n) is 13.1. The summed E-state index contributed by atoms with van der Waals surface area (Å²) in [6, 6.07) is 14.2. The molecule has 0 atom stereocenters. The Balaban J connectivity index is 2.22. The van der Waals surface area contributed by atoms with Gasteiger partial charge in [-0.3, -0.25) is 0 Å². The number of aromatic nitrogens is 3. The first kappa shape index (κ1) is 15.5. The van der Waals surface area contributed by atoms with Crippen molar-refractivity contribution in [2.24, 2.45) is 4.99 Å². The number of hydrogen-bond acceptors (Lipinski definition) is 5. The van der Waals surface area contributed by atoms with Crippen LogP contribution >= 0.6 is 0 Å². The molecule has 24 heavy (non-hydrogen) atoms. The molecule has 0 saturated carbocycles. The molecular formula is C16H15N5O3. The molecule has 3 rings (SSSR count). The van der Waals surface area contributed by atoms with Crippen LogP contribution < -0.4 is 5.49 Å². The van der Waals surface area contributed by atoms with Crippen molar-refractivity contribution in [3.8, 4) is 5.69 Å². The lowest BCUT2D eigenvalue weighted by molar-refractivity contribution is -0.391. The van der Waals surface area contributed by atoms with Gasteiger partial charge in [-0.15, -0.1) is 0 Å². The molecule has 0 spiro atoms. The van der Waals surface area contributed by atoms with Crippen molar-refractivity contribution >= 4 is 11.5 Å². The van der Waals surface area contributed by atoms with Crippen molar-refractivity contribution < 1.29 is 10.1 Å². The van der Waals surface area contributed by atoms with Gasteiger partial charge in [0.05, 0.1) is 10.8 Å². The highest BCUT2D eigenvalue weighted by molar-refractivity contribution is 5.39. The largest absolute Gasteiger partial charge is 0.438 e. The van der Waals surface area contributed by atoms with Gasteiger partial charge >= 0.3 is 5.82 Å². The van der Waals surface area contributed by atoms with Crippen molar-refractivity contribution in [3.05, 3.63) is 75.3 Å². The van der Waals surface area contributed by atoms with Gasteiger partial charge in [-0.25, -0.2) is 4.99 Å². The van der Waals surface area contributed by atoms with Gasteiger partial charge in [0.15, 0.2) is 0 Å². The summed E-state index contributed by atoms with van der Waals surface area (Å²) in [7, 11) is 0. The van der Waals surface area contributed by atoms with Gasteiger partial charge in [0.1, 0.15) is 5.69 Å². The molecule has 0 unspecified atom stereocenters. The molecular weight excluding hydrogens is 310 g/mol. The van der Waals surface area contributed by atoms with Crippen molar-refractivity contribution in [2.75, 3.05) is 0 Å². The second-order valence-corrected chi connectivity index (χ2v) is 5.37. The van der Waals surface area contributed by atoms with Crippen molar-refractivity contribution in [1.29, 1.82) is 0 Å². The van der Waals surface area contributed by atoms with Gasteiger partial charge in [-0.05, 0) is 53.4 Å². The molecule has 0 aliphatic carbocycles. The van der Waals surface area contributed by atoms with Gasteiger partial charge in [0.25, 0.3) is 5.49 Å². The van der Waals surface area contributed by atoms with E-state index < -0.39 is 10.7 Å². The predicted octanol–water partition coefficient (Wildman–Crippen LogP) is 2.67. The third-order valence-electron chi connectivity index (χ3n) is 3.43. The summed E-state index contributed by atoms with van der Waals surface area (Å²) in [5.74, 6) is -0.528. The van der Waals surface area contributed by atoms with E-state index in [1.54, 1.807) is 30.3 Å². The van der Waals surface area contributed by atoms with Crippen LogP contribution in [0.3, 0.4) is 0 Å². The first-order valence-corrected chi connectivity index (χ1v) is 7.20. The maximum absolute atomic E-state index is 11.3. The molecule has 0 amide bonds. The number of nitro groups is 1. The molecule has 1 N–H and O–H groups in total. The molecule has 0 radical (unpaired) electrons. The summed E-state index contributed by atoms with van der Waals surface area (Å²) >= 11 is 0. The zero-order chi connectivity index (χ0) is 17.3. The summed E-state index contributed by atoms with van der Waals surface area (Å²) in [5.41, 5.74) is 2.70. The van der Waals surface area contributed by atoms with Gasteiger partial charge in [0.2, 0.25) is 0 Å². The molecule has 8 heteroatoms. The fourth-order valence-electron chi connectivity index (χ4n) is 2.23. The highest BCUT2D eigenvalue weighted by Crippen LogP contribution is 2.14. The SMILES string of the molecule is Cc1ccc(N=c2c([N+](=O)[O-])nn(-c3cccc(C)c3)n2O)cc1. The zero-order valence-corrected chi connectivity index (χ0v) is 13.1. The van der Waals surface area contributed by atoms with E-state index in [1.807, 2.05) is 32.0 Å². The van der Waals surface area contributed by atoms with E-state index in [9.17, 15) is 15.3 Å². The fourth-order valence-corrected chi connectivity index (χ4v) is 2.23. The number of rotatable bonds is 3. The fraction of sp³-hybridized carbons (Fsp3) is 0.125. The second kappa shape index (κ2) is 5.99. The van der Waals surface area contributed by atoms with Crippen LogP contribution in [0.25, 0.3) is 5.69 Å². The molecule has 3 aromatic rings. The van der Waals surface area contributed by atoms with Crippen LogP contribution in [0.15, 0.2) is 53.5 Å². The van der Waals surface area contributed by atoms with E-state index in [1.165, 1.54) is 0 Å². The second-order valence-electron chi connectivity index (χ2n) is 5.37. The van der Waals surface area contributed by atoms with Crippen LogP contribution in [-0.4, -0.2) is 24.9 Å². The number of benzene rings is 2. The molecule has 0 fully saturated rings. The van der Waals surface area contributed by atoms with E-state index in [0.717, 1.165) is 15.9 Å².